The van der Waals surface area contributed by atoms with Gasteiger partial charge in [-0.05, 0) is 25.0 Å². The van der Waals surface area contributed by atoms with E-state index in [9.17, 15) is 4.79 Å². The fraction of sp³-hybridized carbons (Fsp3) is 0.615. The van der Waals surface area contributed by atoms with Crippen LogP contribution in [0.1, 0.15) is 31.9 Å². The number of carbonyl (C=O) groups excluding carboxylic acids is 1. The van der Waals surface area contributed by atoms with Gasteiger partial charge in [0.15, 0.2) is 0 Å². The van der Waals surface area contributed by atoms with E-state index in [1.807, 2.05) is 24.0 Å². The van der Waals surface area contributed by atoms with E-state index in [1.54, 1.807) is 6.26 Å². The molecular weight excluding hydrogens is 218 g/mol. The monoisotopic (exact) mass is 237 g/mol. The van der Waals surface area contributed by atoms with Crippen LogP contribution in [0.4, 0.5) is 0 Å². The minimum absolute atomic E-state index is 0.150. The van der Waals surface area contributed by atoms with Crippen molar-refractivity contribution in [3.63, 3.8) is 0 Å². The van der Waals surface area contributed by atoms with Crippen molar-refractivity contribution < 1.29 is 13.9 Å². The van der Waals surface area contributed by atoms with Crippen LogP contribution < -0.4 is 0 Å². The standard InChI is InChI=1S/C13H19NO3/c1-2-13(15)14(9-11-5-3-7-16-11)10-12-6-4-8-17-12/h3,5,7,12H,2,4,6,8-10H2,1H3. The van der Waals surface area contributed by atoms with Crippen LogP contribution in [0.5, 0.6) is 0 Å². The first-order valence-electron chi connectivity index (χ1n) is 6.21. The summed E-state index contributed by atoms with van der Waals surface area (Å²) in [6.45, 7) is 3.92. The average Bonchev–Trinajstić information content (AvgIpc) is 3.00. The average molecular weight is 237 g/mol. The van der Waals surface area contributed by atoms with Crippen molar-refractivity contribution in [2.75, 3.05) is 13.2 Å². The van der Waals surface area contributed by atoms with Crippen molar-refractivity contribution in [1.82, 2.24) is 4.90 Å². The quantitative estimate of drug-likeness (QED) is 0.788. The second-order valence-corrected chi connectivity index (χ2v) is 4.34. The summed E-state index contributed by atoms with van der Waals surface area (Å²) in [5.41, 5.74) is 0. The smallest absolute Gasteiger partial charge is 0.222 e. The van der Waals surface area contributed by atoms with E-state index in [4.69, 9.17) is 9.15 Å². The summed E-state index contributed by atoms with van der Waals surface area (Å²) in [5, 5.41) is 0. The number of amides is 1. The Balaban J connectivity index is 1.94. The molecular formula is C13H19NO3. The molecule has 1 aromatic heterocycles. The topological polar surface area (TPSA) is 42.7 Å². The van der Waals surface area contributed by atoms with Gasteiger partial charge in [-0.1, -0.05) is 6.92 Å². The molecule has 0 aromatic carbocycles. The predicted octanol–water partition coefficient (Wildman–Crippen LogP) is 2.20. The summed E-state index contributed by atoms with van der Waals surface area (Å²) < 4.78 is 10.9. The highest BCUT2D eigenvalue weighted by Crippen LogP contribution is 2.16. The maximum Gasteiger partial charge on any atom is 0.222 e. The summed E-state index contributed by atoms with van der Waals surface area (Å²) in [4.78, 5) is 13.7. The molecule has 1 amide bonds. The van der Waals surface area contributed by atoms with Crippen molar-refractivity contribution >= 4 is 5.91 Å². The van der Waals surface area contributed by atoms with Gasteiger partial charge in [-0.3, -0.25) is 4.79 Å². The van der Waals surface area contributed by atoms with Gasteiger partial charge in [0.05, 0.1) is 18.9 Å². The number of furan rings is 1. The van der Waals surface area contributed by atoms with E-state index >= 15 is 0 Å². The lowest BCUT2D eigenvalue weighted by Gasteiger charge is -2.24. The highest BCUT2D eigenvalue weighted by atomic mass is 16.5. The molecule has 1 unspecified atom stereocenters. The molecule has 1 atom stereocenters. The molecule has 1 aliphatic rings. The van der Waals surface area contributed by atoms with Gasteiger partial charge in [-0.2, -0.15) is 0 Å². The van der Waals surface area contributed by atoms with Crippen LogP contribution in [0.25, 0.3) is 0 Å². The third-order valence-corrected chi connectivity index (χ3v) is 3.03. The van der Waals surface area contributed by atoms with Crippen LogP contribution in [0, 0.1) is 0 Å². The number of hydrogen-bond donors (Lipinski definition) is 0. The molecule has 1 aliphatic heterocycles. The Labute approximate surface area is 102 Å². The molecule has 4 heteroatoms. The zero-order chi connectivity index (χ0) is 12.1. The van der Waals surface area contributed by atoms with Gasteiger partial charge in [0.25, 0.3) is 0 Å². The Bertz CT molecular complexity index is 342. The largest absolute Gasteiger partial charge is 0.467 e. The van der Waals surface area contributed by atoms with Crippen molar-refractivity contribution in [2.45, 2.75) is 38.8 Å². The third-order valence-electron chi connectivity index (χ3n) is 3.03. The summed E-state index contributed by atoms with van der Waals surface area (Å²) >= 11 is 0. The zero-order valence-electron chi connectivity index (χ0n) is 10.2. The maximum absolute atomic E-state index is 11.9. The molecule has 0 N–H and O–H groups in total. The Morgan fingerprint density at radius 1 is 1.59 bits per heavy atom. The summed E-state index contributed by atoms with van der Waals surface area (Å²) in [7, 11) is 0. The van der Waals surface area contributed by atoms with Crippen LogP contribution in [0.15, 0.2) is 22.8 Å². The molecule has 0 spiro atoms. The summed E-state index contributed by atoms with van der Waals surface area (Å²) in [5.74, 6) is 0.974. The van der Waals surface area contributed by atoms with E-state index in [0.29, 0.717) is 19.5 Å². The predicted molar refractivity (Wildman–Crippen MR) is 63.4 cm³/mol. The van der Waals surface area contributed by atoms with Crippen molar-refractivity contribution in [3.8, 4) is 0 Å². The minimum Gasteiger partial charge on any atom is -0.467 e. The fourth-order valence-corrected chi connectivity index (χ4v) is 2.10. The molecule has 1 saturated heterocycles. The lowest BCUT2D eigenvalue weighted by atomic mass is 10.2. The highest BCUT2D eigenvalue weighted by Gasteiger charge is 2.22. The van der Waals surface area contributed by atoms with Crippen molar-refractivity contribution in [3.05, 3.63) is 24.2 Å². The van der Waals surface area contributed by atoms with Crippen LogP contribution in [0.3, 0.4) is 0 Å². The van der Waals surface area contributed by atoms with Crippen LogP contribution >= 0.6 is 0 Å². The van der Waals surface area contributed by atoms with Gasteiger partial charge >= 0.3 is 0 Å². The van der Waals surface area contributed by atoms with Crippen molar-refractivity contribution in [1.29, 1.82) is 0 Å². The summed E-state index contributed by atoms with van der Waals surface area (Å²) in [6, 6.07) is 3.74. The Kier molecular flexibility index (Phi) is 4.20. The molecule has 94 valence electrons. The van der Waals surface area contributed by atoms with E-state index in [1.165, 1.54) is 0 Å². The first-order chi connectivity index (χ1) is 8.29. The molecule has 1 fully saturated rings. The van der Waals surface area contributed by atoms with Crippen LogP contribution in [0.2, 0.25) is 0 Å². The molecule has 1 aromatic rings. The SMILES string of the molecule is CCC(=O)N(Cc1ccco1)CC1CCCO1. The minimum atomic E-state index is 0.150. The van der Waals surface area contributed by atoms with Gasteiger partial charge in [-0.25, -0.2) is 0 Å². The number of carbonyl (C=O) groups is 1. The third kappa shape index (κ3) is 3.33. The normalized spacial score (nSPS) is 19.5. The Hall–Kier alpha value is -1.29. The summed E-state index contributed by atoms with van der Waals surface area (Å²) in [6.07, 6.45) is 4.50. The molecule has 0 saturated carbocycles. The molecule has 0 aliphatic carbocycles. The lowest BCUT2D eigenvalue weighted by molar-refractivity contribution is -0.133. The Morgan fingerprint density at radius 2 is 2.47 bits per heavy atom. The van der Waals surface area contributed by atoms with Gasteiger partial charge in [0.2, 0.25) is 5.91 Å². The zero-order valence-corrected chi connectivity index (χ0v) is 10.2. The second kappa shape index (κ2) is 5.87. The van der Waals surface area contributed by atoms with E-state index in [-0.39, 0.29) is 12.0 Å². The van der Waals surface area contributed by atoms with E-state index < -0.39 is 0 Å². The number of rotatable bonds is 5. The number of ether oxygens (including phenoxy) is 1. The second-order valence-electron chi connectivity index (χ2n) is 4.34. The molecule has 0 radical (unpaired) electrons. The lowest BCUT2D eigenvalue weighted by Crippen LogP contribution is -2.36. The van der Waals surface area contributed by atoms with Gasteiger partial charge < -0.3 is 14.1 Å². The van der Waals surface area contributed by atoms with Crippen LogP contribution in [-0.2, 0) is 16.1 Å². The number of nitrogens with zero attached hydrogens (tertiary/aromatic N) is 1. The Morgan fingerprint density at radius 3 is 3.06 bits per heavy atom. The molecule has 0 bridgehead atoms. The first-order valence-corrected chi connectivity index (χ1v) is 6.21. The van der Waals surface area contributed by atoms with Gasteiger partial charge in [0, 0.05) is 19.6 Å². The van der Waals surface area contributed by atoms with E-state index in [2.05, 4.69) is 0 Å². The molecule has 2 heterocycles. The van der Waals surface area contributed by atoms with Crippen molar-refractivity contribution in [2.24, 2.45) is 0 Å². The van der Waals surface area contributed by atoms with Crippen LogP contribution in [-0.4, -0.2) is 30.1 Å². The molecule has 17 heavy (non-hydrogen) atoms. The highest BCUT2D eigenvalue weighted by molar-refractivity contribution is 5.75. The van der Waals surface area contributed by atoms with E-state index in [0.717, 1.165) is 25.2 Å². The first kappa shape index (κ1) is 12.2. The van der Waals surface area contributed by atoms with Gasteiger partial charge in [0.1, 0.15) is 5.76 Å². The molecule has 4 nitrogen and oxygen atoms in total. The number of hydrogen-bond acceptors (Lipinski definition) is 3. The maximum atomic E-state index is 11.9. The fourth-order valence-electron chi connectivity index (χ4n) is 2.10. The van der Waals surface area contributed by atoms with Gasteiger partial charge in [-0.15, -0.1) is 0 Å². The molecule has 2 rings (SSSR count).